The van der Waals surface area contributed by atoms with Crippen LogP contribution in [0.1, 0.15) is 17.2 Å². The van der Waals surface area contributed by atoms with Gasteiger partial charge in [0.25, 0.3) is 5.91 Å². The van der Waals surface area contributed by atoms with Crippen LogP contribution in [0.25, 0.3) is 5.52 Å². The molecule has 1 aromatic carbocycles. The molecule has 0 aliphatic rings. The number of carbonyl (C=O) groups is 1. The van der Waals surface area contributed by atoms with E-state index in [0.29, 0.717) is 12.1 Å². The monoisotopic (exact) mass is 281 g/mol. The number of rotatable bonds is 4. The van der Waals surface area contributed by atoms with Crippen molar-refractivity contribution in [2.24, 2.45) is 0 Å². The number of hydrogen-bond acceptors (Lipinski definition) is 3. The number of carbonyl (C=O) groups excluding carboxylic acids is 1. The second kappa shape index (κ2) is 5.76. The van der Waals surface area contributed by atoms with Gasteiger partial charge in [-0.2, -0.15) is 5.10 Å². The fourth-order valence-corrected chi connectivity index (χ4v) is 2.23. The third-order valence-corrected chi connectivity index (χ3v) is 3.34. The Morgan fingerprint density at radius 3 is 2.81 bits per heavy atom. The first-order chi connectivity index (χ1) is 10.3. The summed E-state index contributed by atoms with van der Waals surface area (Å²) in [5.74, 6) is -0.414. The van der Waals surface area contributed by atoms with Gasteiger partial charge in [0, 0.05) is 18.9 Å². The van der Waals surface area contributed by atoms with Crippen molar-refractivity contribution in [1.29, 1.82) is 0 Å². The van der Waals surface area contributed by atoms with E-state index in [9.17, 15) is 9.90 Å². The average Bonchev–Trinajstić information content (AvgIpc) is 3.02. The van der Waals surface area contributed by atoms with Crippen LogP contribution < -0.4 is 5.32 Å². The second-order valence-electron chi connectivity index (χ2n) is 4.73. The van der Waals surface area contributed by atoms with Crippen LogP contribution >= 0.6 is 0 Å². The third kappa shape index (κ3) is 2.78. The average molecular weight is 281 g/mol. The van der Waals surface area contributed by atoms with E-state index in [1.165, 1.54) is 0 Å². The van der Waals surface area contributed by atoms with Crippen LogP contribution in [-0.2, 0) is 11.3 Å². The summed E-state index contributed by atoms with van der Waals surface area (Å²) in [6.07, 6.45) is 2.40. The summed E-state index contributed by atoms with van der Waals surface area (Å²) in [6, 6.07) is 14.5. The Labute approximate surface area is 121 Å². The van der Waals surface area contributed by atoms with E-state index < -0.39 is 12.0 Å². The Kier molecular flexibility index (Phi) is 3.66. The zero-order valence-corrected chi connectivity index (χ0v) is 11.3. The van der Waals surface area contributed by atoms with E-state index in [0.717, 1.165) is 11.1 Å². The van der Waals surface area contributed by atoms with Gasteiger partial charge in [-0.1, -0.05) is 36.4 Å². The fourth-order valence-electron chi connectivity index (χ4n) is 2.23. The molecule has 2 N–H and O–H groups in total. The first-order valence-electron chi connectivity index (χ1n) is 6.67. The van der Waals surface area contributed by atoms with Crippen molar-refractivity contribution >= 4 is 11.4 Å². The lowest BCUT2D eigenvalue weighted by molar-refractivity contribution is -0.129. The van der Waals surface area contributed by atoms with E-state index in [1.807, 2.05) is 30.5 Å². The van der Waals surface area contributed by atoms with Gasteiger partial charge >= 0.3 is 0 Å². The molecule has 2 heterocycles. The molecule has 0 aliphatic carbocycles. The van der Waals surface area contributed by atoms with Crippen LogP contribution in [0, 0.1) is 0 Å². The molecule has 0 radical (unpaired) electrons. The van der Waals surface area contributed by atoms with Gasteiger partial charge in [-0.3, -0.25) is 4.79 Å². The third-order valence-electron chi connectivity index (χ3n) is 3.34. The number of hydrogen-bond donors (Lipinski definition) is 2. The number of aromatic nitrogens is 2. The molecule has 5 nitrogen and oxygen atoms in total. The summed E-state index contributed by atoms with van der Waals surface area (Å²) in [6.45, 7) is 0.346. The topological polar surface area (TPSA) is 66.6 Å². The van der Waals surface area contributed by atoms with E-state index in [4.69, 9.17) is 0 Å². The van der Waals surface area contributed by atoms with Crippen molar-refractivity contribution in [1.82, 2.24) is 14.9 Å². The molecule has 3 rings (SSSR count). The van der Waals surface area contributed by atoms with Crippen LogP contribution in [0.15, 0.2) is 60.9 Å². The lowest BCUT2D eigenvalue weighted by Gasteiger charge is -2.12. The predicted molar refractivity (Wildman–Crippen MR) is 78.4 cm³/mol. The van der Waals surface area contributed by atoms with Gasteiger partial charge in [-0.15, -0.1) is 0 Å². The zero-order chi connectivity index (χ0) is 14.7. The van der Waals surface area contributed by atoms with Crippen molar-refractivity contribution < 1.29 is 9.90 Å². The lowest BCUT2D eigenvalue weighted by atomic mass is 10.1. The highest BCUT2D eigenvalue weighted by atomic mass is 16.3. The van der Waals surface area contributed by atoms with Gasteiger partial charge in [-0.25, -0.2) is 4.52 Å². The van der Waals surface area contributed by atoms with Crippen LogP contribution in [0.4, 0.5) is 0 Å². The molecule has 0 bridgehead atoms. The molecular formula is C16H15N3O2. The van der Waals surface area contributed by atoms with E-state index in [1.54, 1.807) is 35.0 Å². The van der Waals surface area contributed by atoms with Gasteiger partial charge in [-0.05, 0) is 23.3 Å². The largest absolute Gasteiger partial charge is 0.378 e. The Hall–Kier alpha value is -2.66. The summed E-state index contributed by atoms with van der Waals surface area (Å²) in [5.41, 5.74) is 2.47. The molecule has 2 aromatic heterocycles. The molecular weight excluding hydrogens is 266 g/mol. The number of nitrogens with one attached hydrogen (secondary N) is 1. The van der Waals surface area contributed by atoms with Gasteiger partial charge in [0.1, 0.15) is 0 Å². The Morgan fingerprint density at radius 1 is 1.19 bits per heavy atom. The van der Waals surface area contributed by atoms with Gasteiger partial charge in [0.05, 0.1) is 5.52 Å². The normalized spacial score (nSPS) is 12.2. The zero-order valence-electron chi connectivity index (χ0n) is 11.3. The van der Waals surface area contributed by atoms with E-state index in [2.05, 4.69) is 10.4 Å². The van der Waals surface area contributed by atoms with E-state index >= 15 is 0 Å². The van der Waals surface area contributed by atoms with Gasteiger partial charge < -0.3 is 10.4 Å². The van der Waals surface area contributed by atoms with Crippen molar-refractivity contribution in [3.63, 3.8) is 0 Å². The number of pyridine rings is 1. The lowest BCUT2D eigenvalue weighted by Crippen LogP contribution is -2.29. The molecule has 1 atom stereocenters. The summed E-state index contributed by atoms with van der Waals surface area (Å²) in [4.78, 5) is 12.0. The highest BCUT2D eigenvalue weighted by Gasteiger charge is 2.16. The number of aliphatic hydroxyl groups excluding tert-OH is 1. The standard InChI is InChI=1S/C16H15N3O2/c20-15(12-5-2-1-3-6-12)16(21)17-11-13-7-4-10-19-14(13)8-9-18-19/h1-10,15,20H,11H2,(H,17,21). The van der Waals surface area contributed by atoms with E-state index in [-0.39, 0.29) is 0 Å². The summed E-state index contributed by atoms with van der Waals surface area (Å²) >= 11 is 0. The van der Waals surface area contributed by atoms with Gasteiger partial charge in [0.2, 0.25) is 0 Å². The maximum Gasteiger partial charge on any atom is 0.253 e. The number of nitrogens with zero attached hydrogens (tertiary/aromatic N) is 2. The quantitative estimate of drug-likeness (QED) is 0.764. The number of amides is 1. The Morgan fingerprint density at radius 2 is 2.00 bits per heavy atom. The second-order valence-corrected chi connectivity index (χ2v) is 4.73. The highest BCUT2D eigenvalue weighted by molar-refractivity contribution is 5.82. The first-order valence-corrected chi connectivity index (χ1v) is 6.67. The maximum absolute atomic E-state index is 12.0. The molecule has 1 amide bonds. The minimum Gasteiger partial charge on any atom is -0.378 e. The molecule has 106 valence electrons. The summed E-state index contributed by atoms with van der Waals surface area (Å²) in [7, 11) is 0. The predicted octanol–water partition coefficient (Wildman–Crippen LogP) is 1.68. The number of aliphatic hydroxyl groups is 1. The fraction of sp³-hybridized carbons (Fsp3) is 0.125. The SMILES string of the molecule is O=C(NCc1cccn2nccc12)C(O)c1ccccc1. The molecule has 0 saturated carbocycles. The van der Waals surface area contributed by atoms with Crippen LogP contribution in [-0.4, -0.2) is 20.6 Å². The van der Waals surface area contributed by atoms with Gasteiger partial charge in [0.15, 0.2) is 6.10 Å². The number of benzene rings is 1. The van der Waals surface area contributed by atoms with Crippen LogP contribution in [0.2, 0.25) is 0 Å². The molecule has 21 heavy (non-hydrogen) atoms. The summed E-state index contributed by atoms with van der Waals surface area (Å²) in [5, 5.41) is 16.9. The van der Waals surface area contributed by atoms with Crippen molar-refractivity contribution in [2.75, 3.05) is 0 Å². The number of fused-ring (bicyclic) bond motifs is 1. The molecule has 0 aliphatic heterocycles. The molecule has 3 aromatic rings. The first kappa shape index (κ1) is 13.3. The smallest absolute Gasteiger partial charge is 0.253 e. The minimum atomic E-state index is -1.16. The highest BCUT2D eigenvalue weighted by Crippen LogP contribution is 2.13. The Balaban J connectivity index is 1.70. The molecule has 1 unspecified atom stereocenters. The van der Waals surface area contributed by atoms with Crippen molar-refractivity contribution in [2.45, 2.75) is 12.6 Å². The molecule has 5 heteroatoms. The minimum absolute atomic E-state index is 0.346. The molecule has 0 fully saturated rings. The molecule has 0 saturated heterocycles. The summed E-state index contributed by atoms with van der Waals surface area (Å²) < 4.78 is 1.75. The Bertz CT molecular complexity index is 752. The van der Waals surface area contributed by atoms with Crippen LogP contribution in [0.5, 0.6) is 0 Å². The maximum atomic E-state index is 12.0. The molecule has 0 spiro atoms. The van der Waals surface area contributed by atoms with Crippen molar-refractivity contribution in [3.8, 4) is 0 Å². The van der Waals surface area contributed by atoms with Crippen molar-refractivity contribution in [3.05, 3.63) is 72.1 Å². The van der Waals surface area contributed by atoms with Crippen LogP contribution in [0.3, 0.4) is 0 Å².